The molecule has 1 aliphatic rings. The standard InChI is InChI=1S/C22H22N4O3/c1-14-8-11-18(12-15(14)2)26-22(29)25(13-16-6-4-3-5-7-16)21(28)19(24-26)20(27)23-17-9-10-17/h3-8,11-12,17H,9-10,13H2,1-2H3,(H,23,27). The van der Waals surface area contributed by atoms with E-state index >= 15 is 0 Å². The van der Waals surface area contributed by atoms with E-state index in [-0.39, 0.29) is 18.3 Å². The fourth-order valence-electron chi connectivity index (χ4n) is 3.07. The number of aromatic nitrogens is 3. The van der Waals surface area contributed by atoms with Crippen molar-refractivity contribution in [2.45, 2.75) is 39.3 Å². The number of hydrogen-bond acceptors (Lipinski definition) is 4. The van der Waals surface area contributed by atoms with Crippen molar-refractivity contribution >= 4 is 5.91 Å². The summed E-state index contributed by atoms with van der Waals surface area (Å²) in [6.07, 6.45) is 1.78. The van der Waals surface area contributed by atoms with Crippen molar-refractivity contribution in [3.8, 4) is 5.69 Å². The average Bonchev–Trinajstić information content (AvgIpc) is 3.52. The molecule has 4 rings (SSSR count). The first-order valence-electron chi connectivity index (χ1n) is 9.60. The number of nitrogens with zero attached hydrogens (tertiary/aromatic N) is 3. The van der Waals surface area contributed by atoms with Gasteiger partial charge in [0, 0.05) is 6.04 Å². The van der Waals surface area contributed by atoms with Gasteiger partial charge in [-0.05, 0) is 55.5 Å². The largest absolute Gasteiger partial charge is 0.352 e. The molecular formula is C22H22N4O3. The highest BCUT2D eigenvalue weighted by Crippen LogP contribution is 2.18. The Kier molecular flexibility index (Phi) is 4.88. The SMILES string of the molecule is Cc1ccc(-n2nc(C(=O)NC3CC3)c(=O)n(Cc3ccccc3)c2=O)cc1C. The Hall–Kier alpha value is -3.48. The van der Waals surface area contributed by atoms with Gasteiger partial charge in [-0.1, -0.05) is 36.4 Å². The van der Waals surface area contributed by atoms with Gasteiger partial charge in [-0.3, -0.25) is 14.2 Å². The molecule has 0 radical (unpaired) electrons. The molecular weight excluding hydrogens is 368 g/mol. The number of benzene rings is 2. The number of carbonyl (C=O) groups excluding carboxylic acids is 1. The van der Waals surface area contributed by atoms with E-state index in [4.69, 9.17) is 0 Å². The first-order valence-corrected chi connectivity index (χ1v) is 9.60. The predicted molar refractivity (Wildman–Crippen MR) is 110 cm³/mol. The zero-order valence-corrected chi connectivity index (χ0v) is 16.4. The molecule has 1 amide bonds. The third kappa shape index (κ3) is 3.89. The van der Waals surface area contributed by atoms with E-state index in [1.807, 2.05) is 56.3 Å². The summed E-state index contributed by atoms with van der Waals surface area (Å²) in [5.74, 6) is -0.545. The van der Waals surface area contributed by atoms with Gasteiger partial charge in [-0.15, -0.1) is 0 Å². The van der Waals surface area contributed by atoms with E-state index in [0.717, 1.165) is 38.8 Å². The molecule has 7 nitrogen and oxygen atoms in total. The third-order valence-electron chi connectivity index (χ3n) is 5.11. The van der Waals surface area contributed by atoms with Crippen molar-refractivity contribution < 1.29 is 4.79 Å². The fraction of sp³-hybridized carbons (Fsp3) is 0.273. The van der Waals surface area contributed by atoms with Gasteiger partial charge in [-0.2, -0.15) is 9.78 Å². The molecule has 1 saturated carbocycles. The minimum absolute atomic E-state index is 0.0651. The van der Waals surface area contributed by atoms with Gasteiger partial charge in [0.05, 0.1) is 12.2 Å². The maximum Gasteiger partial charge on any atom is 0.352 e. The van der Waals surface area contributed by atoms with Crippen LogP contribution in [0, 0.1) is 13.8 Å². The summed E-state index contributed by atoms with van der Waals surface area (Å²) in [7, 11) is 0. The van der Waals surface area contributed by atoms with Crippen LogP contribution in [0.2, 0.25) is 0 Å². The maximum atomic E-state index is 13.1. The molecule has 0 spiro atoms. The summed E-state index contributed by atoms with van der Waals surface area (Å²) in [4.78, 5) is 38.7. The van der Waals surface area contributed by atoms with Crippen LogP contribution in [0.25, 0.3) is 5.69 Å². The Bertz CT molecular complexity index is 1190. The minimum atomic E-state index is -0.683. The second-order valence-corrected chi connectivity index (χ2v) is 7.44. The van der Waals surface area contributed by atoms with Crippen molar-refractivity contribution in [1.82, 2.24) is 19.7 Å². The maximum absolute atomic E-state index is 13.1. The van der Waals surface area contributed by atoms with Crippen LogP contribution in [-0.2, 0) is 6.54 Å². The molecule has 1 heterocycles. The lowest BCUT2D eigenvalue weighted by Crippen LogP contribution is -2.46. The van der Waals surface area contributed by atoms with Gasteiger partial charge in [0.25, 0.3) is 11.5 Å². The lowest BCUT2D eigenvalue weighted by molar-refractivity contribution is 0.0941. The first kappa shape index (κ1) is 18.9. The van der Waals surface area contributed by atoms with E-state index in [0.29, 0.717) is 5.69 Å². The minimum Gasteiger partial charge on any atom is -0.348 e. The van der Waals surface area contributed by atoms with Crippen LogP contribution < -0.4 is 16.6 Å². The number of amides is 1. The Balaban J connectivity index is 1.88. The number of hydrogen-bond donors (Lipinski definition) is 1. The van der Waals surface area contributed by atoms with Crippen molar-refractivity contribution in [2.75, 3.05) is 0 Å². The van der Waals surface area contributed by atoms with Crippen LogP contribution >= 0.6 is 0 Å². The fourth-order valence-corrected chi connectivity index (χ4v) is 3.07. The quantitative estimate of drug-likeness (QED) is 0.722. The number of aryl methyl sites for hydroxylation is 2. The summed E-state index contributed by atoms with van der Waals surface area (Å²) >= 11 is 0. The van der Waals surface area contributed by atoms with Crippen LogP contribution in [0.3, 0.4) is 0 Å². The van der Waals surface area contributed by atoms with Crippen molar-refractivity contribution in [3.05, 3.63) is 91.8 Å². The second-order valence-electron chi connectivity index (χ2n) is 7.44. The molecule has 1 aliphatic carbocycles. The van der Waals surface area contributed by atoms with Crippen molar-refractivity contribution in [3.63, 3.8) is 0 Å². The topological polar surface area (TPSA) is 86.0 Å². The molecule has 0 atom stereocenters. The number of nitrogens with one attached hydrogen (secondary N) is 1. The molecule has 3 aromatic rings. The lowest BCUT2D eigenvalue weighted by Gasteiger charge is -2.13. The van der Waals surface area contributed by atoms with Crippen LogP contribution in [0.15, 0.2) is 58.1 Å². The highest BCUT2D eigenvalue weighted by Gasteiger charge is 2.27. The Morgan fingerprint density at radius 3 is 2.45 bits per heavy atom. The first-order chi connectivity index (χ1) is 13.9. The zero-order chi connectivity index (χ0) is 20.5. The van der Waals surface area contributed by atoms with Gasteiger partial charge in [-0.25, -0.2) is 4.79 Å². The van der Waals surface area contributed by atoms with Crippen LogP contribution in [-0.4, -0.2) is 26.3 Å². The summed E-state index contributed by atoms with van der Waals surface area (Å²) in [5, 5.41) is 6.95. The van der Waals surface area contributed by atoms with Gasteiger partial charge < -0.3 is 5.32 Å². The molecule has 0 saturated heterocycles. The molecule has 0 aliphatic heterocycles. The van der Waals surface area contributed by atoms with Crippen molar-refractivity contribution in [1.29, 1.82) is 0 Å². The predicted octanol–water partition coefficient (Wildman–Crippen LogP) is 1.95. The summed E-state index contributed by atoms with van der Waals surface area (Å²) < 4.78 is 2.21. The number of carbonyl (C=O) groups is 1. The van der Waals surface area contributed by atoms with Gasteiger partial charge in [0.2, 0.25) is 5.69 Å². The average molecular weight is 390 g/mol. The molecule has 1 fully saturated rings. The molecule has 2 aromatic carbocycles. The Labute approximate surface area is 167 Å². The summed E-state index contributed by atoms with van der Waals surface area (Å²) in [6.45, 7) is 3.97. The highest BCUT2D eigenvalue weighted by atomic mass is 16.2. The molecule has 1 aromatic heterocycles. The lowest BCUT2D eigenvalue weighted by atomic mass is 10.1. The van der Waals surface area contributed by atoms with Crippen LogP contribution in [0.4, 0.5) is 0 Å². The van der Waals surface area contributed by atoms with E-state index in [1.165, 1.54) is 0 Å². The normalized spacial score (nSPS) is 13.3. The van der Waals surface area contributed by atoms with Crippen LogP contribution in [0.5, 0.6) is 0 Å². The van der Waals surface area contributed by atoms with E-state index < -0.39 is 17.2 Å². The number of rotatable bonds is 5. The molecule has 0 unspecified atom stereocenters. The monoisotopic (exact) mass is 390 g/mol. The molecule has 0 bridgehead atoms. The second kappa shape index (κ2) is 7.50. The molecule has 7 heteroatoms. The van der Waals surface area contributed by atoms with Gasteiger partial charge >= 0.3 is 5.69 Å². The molecule has 1 N–H and O–H groups in total. The molecule has 29 heavy (non-hydrogen) atoms. The summed E-state index contributed by atoms with van der Waals surface area (Å²) in [5.41, 5.74) is 1.83. The van der Waals surface area contributed by atoms with Gasteiger partial charge in [0.1, 0.15) is 0 Å². The van der Waals surface area contributed by atoms with Gasteiger partial charge in [0.15, 0.2) is 0 Å². The highest BCUT2D eigenvalue weighted by molar-refractivity contribution is 5.92. The van der Waals surface area contributed by atoms with Crippen LogP contribution in [0.1, 0.15) is 40.0 Å². The molecule has 148 valence electrons. The third-order valence-corrected chi connectivity index (χ3v) is 5.11. The van der Waals surface area contributed by atoms with E-state index in [1.54, 1.807) is 6.07 Å². The zero-order valence-electron chi connectivity index (χ0n) is 16.4. The smallest absolute Gasteiger partial charge is 0.348 e. The Morgan fingerprint density at radius 2 is 1.79 bits per heavy atom. The van der Waals surface area contributed by atoms with E-state index in [9.17, 15) is 14.4 Å². The Morgan fingerprint density at radius 1 is 1.07 bits per heavy atom. The van der Waals surface area contributed by atoms with Crippen molar-refractivity contribution in [2.24, 2.45) is 0 Å². The summed E-state index contributed by atoms with van der Waals surface area (Å²) in [6, 6.07) is 14.7. The van der Waals surface area contributed by atoms with E-state index in [2.05, 4.69) is 10.4 Å².